The molecule has 0 aliphatic rings. The summed E-state index contributed by atoms with van der Waals surface area (Å²) in [7, 11) is -2.74. The van der Waals surface area contributed by atoms with Gasteiger partial charge >= 0.3 is 0 Å². The number of hydrogen-bond acceptors (Lipinski definition) is 5. The monoisotopic (exact) mass is 667 g/mol. The molecule has 0 spiro atoms. The average molecular weight is 669 g/mol. The molecule has 0 bridgehead atoms. The van der Waals surface area contributed by atoms with Gasteiger partial charge in [-0.25, -0.2) is 8.42 Å². The number of halogens is 2. The third kappa shape index (κ3) is 8.78. The lowest BCUT2D eigenvalue weighted by atomic mass is 10.0. The third-order valence-electron chi connectivity index (χ3n) is 7.01. The molecule has 4 rings (SSSR count). The van der Waals surface area contributed by atoms with Crippen molar-refractivity contribution in [3.8, 4) is 5.75 Å². The molecule has 0 radical (unpaired) electrons. The first kappa shape index (κ1) is 33.8. The van der Waals surface area contributed by atoms with Crippen molar-refractivity contribution in [1.29, 1.82) is 0 Å². The number of sulfonamides is 1. The SMILES string of the molecule is COc1ccc(S(=O)(=O)N(CC(=O)N(Cc2ccc(Cl)c(Cl)c2)C(Cc2ccccc2)C(=O)NC(C)C)c2ccccc2)cc1. The molecule has 45 heavy (non-hydrogen) atoms. The van der Waals surface area contributed by atoms with Crippen LogP contribution in [-0.4, -0.2) is 50.9 Å². The summed E-state index contributed by atoms with van der Waals surface area (Å²) in [6, 6.07) is 27.4. The highest BCUT2D eigenvalue weighted by atomic mass is 35.5. The molecule has 4 aromatic carbocycles. The predicted molar refractivity (Wildman–Crippen MR) is 178 cm³/mol. The highest BCUT2D eigenvalue weighted by Crippen LogP contribution is 2.27. The summed E-state index contributed by atoms with van der Waals surface area (Å²) in [5.74, 6) is -0.461. The number of hydrogen-bond donors (Lipinski definition) is 1. The normalized spacial score (nSPS) is 12.0. The molecule has 0 aliphatic heterocycles. The van der Waals surface area contributed by atoms with Crippen LogP contribution in [0.2, 0.25) is 10.0 Å². The van der Waals surface area contributed by atoms with E-state index in [-0.39, 0.29) is 29.8 Å². The average Bonchev–Trinajstić information content (AvgIpc) is 3.03. The molecule has 0 saturated heterocycles. The Morgan fingerprint density at radius 3 is 2.02 bits per heavy atom. The summed E-state index contributed by atoms with van der Waals surface area (Å²) in [6.07, 6.45) is 0.197. The van der Waals surface area contributed by atoms with Gasteiger partial charge in [-0.2, -0.15) is 0 Å². The van der Waals surface area contributed by atoms with E-state index >= 15 is 0 Å². The molecule has 0 aromatic heterocycles. The predicted octanol–water partition coefficient (Wildman–Crippen LogP) is 6.36. The standard InChI is InChI=1S/C34H35Cl2N3O5S/c1-24(2)37-34(41)32(21-25-10-6-4-7-11-25)38(22-26-14-19-30(35)31(36)20-26)33(40)23-39(27-12-8-5-9-13-27)45(42,43)29-17-15-28(44-3)16-18-29/h4-20,24,32H,21-23H2,1-3H3,(H,37,41). The van der Waals surface area contributed by atoms with Crippen LogP contribution >= 0.6 is 23.2 Å². The molecular formula is C34H35Cl2N3O5S. The zero-order valence-electron chi connectivity index (χ0n) is 25.2. The number of para-hydroxylation sites is 1. The smallest absolute Gasteiger partial charge is 0.264 e. The molecule has 0 heterocycles. The maximum absolute atomic E-state index is 14.4. The van der Waals surface area contributed by atoms with E-state index in [0.29, 0.717) is 27.0 Å². The summed E-state index contributed by atoms with van der Waals surface area (Å²) < 4.78 is 34.4. The lowest BCUT2D eigenvalue weighted by Gasteiger charge is -2.34. The van der Waals surface area contributed by atoms with Crippen molar-refractivity contribution in [1.82, 2.24) is 10.2 Å². The molecule has 236 valence electrons. The molecule has 11 heteroatoms. The Labute approximate surface area is 274 Å². The minimum atomic E-state index is -4.23. The van der Waals surface area contributed by atoms with Crippen LogP contribution in [0.25, 0.3) is 0 Å². The topological polar surface area (TPSA) is 96.0 Å². The van der Waals surface area contributed by atoms with Crippen LogP contribution in [0, 0.1) is 0 Å². The number of anilines is 1. The van der Waals surface area contributed by atoms with E-state index in [1.54, 1.807) is 60.7 Å². The zero-order valence-corrected chi connectivity index (χ0v) is 27.5. The van der Waals surface area contributed by atoms with E-state index in [1.165, 1.54) is 24.1 Å². The summed E-state index contributed by atoms with van der Waals surface area (Å²) in [6.45, 7) is 3.08. The first-order valence-corrected chi connectivity index (χ1v) is 16.5. The zero-order chi connectivity index (χ0) is 32.6. The van der Waals surface area contributed by atoms with E-state index in [4.69, 9.17) is 27.9 Å². The van der Waals surface area contributed by atoms with Gasteiger partial charge in [0.2, 0.25) is 11.8 Å². The van der Waals surface area contributed by atoms with Crippen molar-refractivity contribution in [2.75, 3.05) is 18.0 Å². The summed E-state index contributed by atoms with van der Waals surface area (Å²) in [5, 5.41) is 3.57. The Morgan fingerprint density at radius 1 is 0.822 bits per heavy atom. The molecule has 0 saturated carbocycles. The number of rotatable bonds is 13. The van der Waals surface area contributed by atoms with Crippen LogP contribution in [0.1, 0.15) is 25.0 Å². The maximum Gasteiger partial charge on any atom is 0.264 e. The van der Waals surface area contributed by atoms with Crippen LogP contribution in [0.15, 0.2) is 108 Å². The minimum Gasteiger partial charge on any atom is -0.497 e. The summed E-state index contributed by atoms with van der Waals surface area (Å²) >= 11 is 12.5. The fourth-order valence-corrected chi connectivity index (χ4v) is 6.50. The van der Waals surface area contributed by atoms with Crippen molar-refractivity contribution < 1.29 is 22.7 Å². The first-order chi connectivity index (χ1) is 21.5. The third-order valence-corrected chi connectivity index (χ3v) is 9.54. The van der Waals surface area contributed by atoms with Gasteiger partial charge in [-0.15, -0.1) is 0 Å². The fourth-order valence-electron chi connectivity index (χ4n) is 4.77. The van der Waals surface area contributed by atoms with Gasteiger partial charge in [0.1, 0.15) is 18.3 Å². The first-order valence-electron chi connectivity index (χ1n) is 14.3. The highest BCUT2D eigenvalue weighted by Gasteiger charge is 2.35. The number of nitrogens with zero attached hydrogens (tertiary/aromatic N) is 2. The van der Waals surface area contributed by atoms with Crippen molar-refractivity contribution in [2.45, 2.75) is 43.8 Å². The molecule has 1 atom stereocenters. The molecule has 8 nitrogen and oxygen atoms in total. The van der Waals surface area contributed by atoms with E-state index in [2.05, 4.69) is 5.32 Å². The van der Waals surface area contributed by atoms with E-state index in [0.717, 1.165) is 9.87 Å². The Bertz CT molecular complexity index is 1700. The second-order valence-electron chi connectivity index (χ2n) is 10.7. The van der Waals surface area contributed by atoms with Gasteiger partial charge in [0.25, 0.3) is 10.0 Å². The molecule has 0 aliphatic carbocycles. The maximum atomic E-state index is 14.4. The van der Waals surface area contributed by atoms with Crippen LogP contribution in [0.3, 0.4) is 0 Å². The lowest BCUT2D eigenvalue weighted by Crippen LogP contribution is -2.54. The molecule has 1 unspecified atom stereocenters. The number of nitrogens with one attached hydrogen (secondary N) is 1. The van der Waals surface area contributed by atoms with E-state index in [1.807, 2.05) is 44.2 Å². The summed E-state index contributed by atoms with van der Waals surface area (Å²) in [4.78, 5) is 29.6. The van der Waals surface area contributed by atoms with Crippen molar-refractivity contribution >= 4 is 50.7 Å². The number of benzene rings is 4. The van der Waals surface area contributed by atoms with Gasteiger partial charge in [-0.05, 0) is 73.5 Å². The lowest BCUT2D eigenvalue weighted by molar-refractivity contribution is -0.140. The van der Waals surface area contributed by atoms with Gasteiger partial charge in [0.05, 0.1) is 27.7 Å². The highest BCUT2D eigenvalue weighted by molar-refractivity contribution is 7.92. The number of carbonyl (C=O) groups excluding carboxylic acids is 2. The second kappa shape index (κ2) is 15.3. The van der Waals surface area contributed by atoms with Crippen molar-refractivity contribution in [2.24, 2.45) is 0 Å². The molecule has 2 amide bonds. The number of amides is 2. The van der Waals surface area contributed by atoms with Crippen molar-refractivity contribution in [3.05, 3.63) is 124 Å². The van der Waals surface area contributed by atoms with Crippen LogP contribution in [0.5, 0.6) is 5.75 Å². The van der Waals surface area contributed by atoms with Crippen molar-refractivity contribution in [3.63, 3.8) is 0 Å². The Balaban J connectivity index is 1.80. The van der Waals surface area contributed by atoms with E-state index in [9.17, 15) is 18.0 Å². The number of methoxy groups -OCH3 is 1. The largest absolute Gasteiger partial charge is 0.497 e. The second-order valence-corrected chi connectivity index (χ2v) is 13.3. The van der Waals surface area contributed by atoms with Crippen LogP contribution in [-0.2, 0) is 32.6 Å². The number of ether oxygens (including phenoxy) is 1. The Morgan fingerprint density at radius 2 is 1.44 bits per heavy atom. The molecule has 1 N–H and O–H groups in total. The Hall–Kier alpha value is -4.05. The van der Waals surface area contributed by atoms with Gasteiger partial charge in [-0.3, -0.25) is 13.9 Å². The minimum absolute atomic E-state index is 0.0191. The van der Waals surface area contributed by atoms with Gasteiger partial charge < -0.3 is 15.0 Å². The van der Waals surface area contributed by atoms with Crippen LogP contribution < -0.4 is 14.4 Å². The van der Waals surface area contributed by atoms with Gasteiger partial charge in [0.15, 0.2) is 0 Å². The molecule has 4 aromatic rings. The molecule has 0 fully saturated rings. The van der Waals surface area contributed by atoms with Gasteiger partial charge in [-0.1, -0.05) is 77.8 Å². The Kier molecular flexibility index (Phi) is 11.5. The molecular weight excluding hydrogens is 633 g/mol. The quantitative estimate of drug-likeness (QED) is 0.179. The fraction of sp³-hybridized carbons (Fsp3) is 0.235. The summed E-state index contributed by atoms with van der Waals surface area (Å²) in [5.41, 5.74) is 1.75. The van der Waals surface area contributed by atoms with Gasteiger partial charge in [0, 0.05) is 19.0 Å². The van der Waals surface area contributed by atoms with E-state index < -0.39 is 28.5 Å². The number of carbonyl (C=O) groups is 2. The van der Waals surface area contributed by atoms with Crippen LogP contribution in [0.4, 0.5) is 5.69 Å².